The zero-order chi connectivity index (χ0) is 10.3. The Balaban J connectivity index is 0. The third-order valence-corrected chi connectivity index (χ3v) is 0.888. The first-order chi connectivity index (χ1) is 5.93. The van der Waals surface area contributed by atoms with Crippen molar-refractivity contribution >= 4 is 8.07 Å². The van der Waals surface area contributed by atoms with Gasteiger partial charge in [-0.1, -0.05) is 6.07 Å². The summed E-state index contributed by atoms with van der Waals surface area (Å²) in [6.07, 6.45) is 1.66. The van der Waals surface area contributed by atoms with Crippen LogP contribution in [0, 0.1) is 13.1 Å². The molecule has 0 spiro atoms. The molecule has 0 fully saturated rings. The summed E-state index contributed by atoms with van der Waals surface area (Å²) < 4.78 is 0. The maximum atomic E-state index is 8.48. The van der Waals surface area contributed by atoms with Gasteiger partial charge in [0.1, 0.15) is 0 Å². The molecular weight excluding hydrogens is 226 g/mol. The van der Waals surface area contributed by atoms with Crippen LogP contribution in [0.15, 0.2) is 24.4 Å². The minimum atomic E-state index is -1.11. The van der Waals surface area contributed by atoms with Crippen molar-refractivity contribution in [1.29, 1.82) is 0 Å². The van der Waals surface area contributed by atoms with E-state index in [1.807, 2.05) is 12.1 Å². The van der Waals surface area contributed by atoms with E-state index in [0.29, 0.717) is 5.69 Å². The van der Waals surface area contributed by atoms with Crippen molar-refractivity contribution in [1.82, 2.24) is 4.98 Å². The van der Waals surface area contributed by atoms with Gasteiger partial charge in [-0.15, -0.1) is 13.1 Å². The van der Waals surface area contributed by atoms with E-state index in [1.54, 1.807) is 12.3 Å². The molecule has 0 aromatic carbocycles. The van der Waals surface area contributed by atoms with Crippen molar-refractivity contribution in [3.8, 4) is 0 Å². The van der Waals surface area contributed by atoms with E-state index in [0.717, 1.165) is 0 Å². The number of aliphatic hydroxyl groups is 1. The molecule has 0 aliphatic rings. The van der Waals surface area contributed by atoms with Gasteiger partial charge in [-0.25, -0.2) is 0 Å². The summed E-state index contributed by atoms with van der Waals surface area (Å²) in [5.41, 5.74) is 0.715. The van der Waals surface area contributed by atoms with Crippen molar-refractivity contribution < 1.29 is 26.8 Å². The first kappa shape index (κ1) is 16.5. The van der Waals surface area contributed by atoms with Crippen LogP contribution in [0.3, 0.4) is 0 Å². The molecular formula is C10H17NOSiTi. The van der Waals surface area contributed by atoms with Gasteiger partial charge in [-0.3, -0.25) is 13.1 Å². The monoisotopic (exact) mass is 243 g/mol. The second-order valence-electron chi connectivity index (χ2n) is 3.64. The Morgan fingerprint density at radius 2 is 1.86 bits per heavy atom. The zero-order valence-corrected chi connectivity index (χ0v) is 11.4. The molecule has 0 unspecified atom stereocenters. The second kappa shape index (κ2) is 8.36. The summed E-state index contributed by atoms with van der Waals surface area (Å²) in [6, 6.07) is 5.44. The van der Waals surface area contributed by atoms with E-state index in [9.17, 15) is 0 Å². The van der Waals surface area contributed by atoms with Crippen LogP contribution < -0.4 is 0 Å². The minimum absolute atomic E-state index is 0. The van der Waals surface area contributed by atoms with E-state index in [1.165, 1.54) is 0 Å². The van der Waals surface area contributed by atoms with Gasteiger partial charge in [0.2, 0.25) is 0 Å². The van der Waals surface area contributed by atoms with Crippen LogP contribution in [0.25, 0.3) is 0 Å². The predicted molar refractivity (Wildman–Crippen MR) is 58.4 cm³/mol. The van der Waals surface area contributed by atoms with E-state index < -0.39 is 8.07 Å². The SMILES string of the molecule is OCc1ccccn1.[CH2-][Si]([CH2-])(C)C.[Ti+2]. The number of hydrogen-bond acceptors (Lipinski definition) is 2. The number of rotatable bonds is 1. The normalized spacial score (nSPS) is 9.50. The largest absolute Gasteiger partial charge is 2.00 e. The average molecular weight is 243 g/mol. The summed E-state index contributed by atoms with van der Waals surface area (Å²) >= 11 is 0. The molecule has 14 heavy (non-hydrogen) atoms. The zero-order valence-electron chi connectivity index (χ0n) is 8.83. The van der Waals surface area contributed by atoms with Gasteiger partial charge in [-0.2, -0.15) is 0 Å². The third kappa shape index (κ3) is 14.6. The number of pyridine rings is 1. The molecule has 1 rings (SSSR count). The molecule has 0 atom stereocenters. The predicted octanol–water partition coefficient (Wildman–Crippen LogP) is 2.01. The van der Waals surface area contributed by atoms with Crippen molar-refractivity contribution in [2.75, 3.05) is 0 Å². The average Bonchev–Trinajstić information content (AvgIpc) is 2.03. The van der Waals surface area contributed by atoms with Gasteiger partial charge in [0.25, 0.3) is 0 Å². The van der Waals surface area contributed by atoms with Gasteiger partial charge in [-0.05, 0) is 12.1 Å². The Hall–Kier alpha value is 0.0412. The fourth-order valence-electron chi connectivity index (χ4n) is 0.492. The number of hydrogen-bond donors (Lipinski definition) is 1. The van der Waals surface area contributed by atoms with Crippen LogP contribution in [-0.2, 0) is 28.3 Å². The number of nitrogens with zero attached hydrogens (tertiary/aromatic N) is 1. The Labute approximate surface area is 103 Å². The molecule has 2 nitrogen and oxygen atoms in total. The molecule has 0 aliphatic carbocycles. The molecule has 76 valence electrons. The molecule has 1 N–H and O–H groups in total. The van der Waals surface area contributed by atoms with Gasteiger partial charge in [0.05, 0.1) is 12.3 Å². The van der Waals surface area contributed by atoms with Crippen LogP contribution in [0.2, 0.25) is 13.1 Å². The molecule has 0 bridgehead atoms. The Bertz CT molecular complexity index is 217. The summed E-state index contributed by atoms with van der Waals surface area (Å²) in [6.45, 7) is 11.8. The van der Waals surface area contributed by atoms with Crippen LogP contribution >= 0.6 is 0 Å². The molecule has 1 aromatic rings. The Kier molecular flexibility index (Phi) is 9.83. The fraction of sp³-hybridized carbons (Fsp3) is 0.300. The van der Waals surface area contributed by atoms with Crippen LogP contribution in [0.5, 0.6) is 0 Å². The maximum Gasteiger partial charge on any atom is 2.00 e. The van der Waals surface area contributed by atoms with Crippen molar-refractivity contribution in [2.24, 2.45) is 0 Å². The van der Waals surface area contributed by atoms with E-state index in [2.05, 4.69) is 31.2 Å². The van der Waals surface area contributed by atoms with Gasteiger partial charge in [0.15, 0.2) is 0 Å². The Morgan fingerprint density at radius 3 is 2.07 bits per heavy atom. The van der Waals surface area contributed by atoms with Gasteiger partial charge in [0, 0.05) is 6.20 Å². The first-order valence-electron chi connectivity index (χ1n) is 4.15. The topological polar surface area (TPSA) is 33.1 Å². The fourth-order valence-corrected chi connectivity index (χ4v) is 0.492. The maximum absolute atomic E-state index is 8.48. The summed E-state index contributed by atoms with van der Waals surface area (Å²) in [5, 5.41) is 8.48. The number of aliphatic hydroxyl groups excluding tert-OH is 1. The summed E-state index contributed by atoms with van der Waals surface area (Å²) in [7, 11) is -1.11. The van der Waals surface area contributed by atoms with Crippen molar-refractivity contribution in [3.05, 3.63) is 43.2 Å². The molecule has 1 aromatic heterocycles. The second-order valence-corrected chi connectivity index (χ2v) is 7.97. The molecule has 0 saturated carbocycles. The standard InChI is InChI=1S/C6H7NO.C4H10Si.Ti/c8-5-6-3-1-2-4-7-6;1-5(2,3)4;/h1-4,8H,5H2;1-2H2,3-4H3;/q;-2;+2. The third-order valence-electron chi connectivity index (χ3n) is 0.888. The molecule has 1 heterocycles. The van der Waals surface area contributed by atoms with Crippen LogP contribution in [0.1, 0.15) is 5.69 Å². The Morgan fingerprint density at radius 1 is 1.36 bits per heavy atom. The molecule has 0 aliphatic heterocycles. The van der Waals surface area contributed by atoms with Crippen molar-refractivity contribution in [3.63, 3.8) is 0 Å². The first-order valence-corrected chi connectivity index (χ1v) is 7.56. The van der Waals surface area contributed by atoms with Crippen LogP contribution in [0.4, 0.5) is 0 Å². The molecule has 0 amide bonds. The molecule has 0 radical (unpaired) electrons. The van der Waals surface area contributed by atoms with E-state index in [-0.39, 0.29) is 28.3 Å². The number of aromatic nitrogens is 1. The van der Waals surface area contributed by atoms with E-state index >= 15 is 0 Å². The quantitative estimate of drug-likeness (QED) is 0.604. The van der Waals surface area contributed by atoms with E-state index in [4.69, 9.17) is 5.11 Å². The van der Waals surface area contributed by atoms with Gasteiger partial charge < -0.3 is 18.2 Å². The molecule has 0 saturated heterocycles. The van der Waals surface area contributed by atoms with Gasteiger partial charge >= 0.3 is 21.7 Å². The van der Waals surface area contributed by atoms with Crippen molar-refractivity contribution in [2.45, 2.75) is 19.7 Å². The smallest absolute Gasteiger partial charge is 0.390 e. The van der Waals surface area contributed by atoms with Crippen LogP contribution in [-0.4, -0.2) is 18.2 Å². The summed E-state index contributed by atoms with van der Waals surface area (Å²) in [5.74, 6) is 0. The minimum Gasteiger partial charge on any atom is -0.390 e. The summed E-state index contributed by atoms with van der Waals surface area (Å²) in [4.78, 5) is 3.85. The molecule has 4 heteroatoms.